The average molecular weight is 278 g/mol. The predicted octanol–water partition coefficient (Wildman–Crippen LogP) is 2.72. The fraction of sp³-hybridized carbons (Fsp3) is 0.812. The molecule has 1 heterocycles. The van der Waals surface area contributed by atoms with Gasteiger partial charge in [-0.25, -0.2) is 0 Å². The van der Waals surface area contributed by atoms with Gasteiger partial charge >= 0.3 is 0 Å². The summed E-state index contributed by atoms with van der Waals surface area (Å²) in [4.78, 5) is 0. The molecule has 2 aliphatic rings. The summed E-state index contributed by atoms with van der Waals surface area (Å²) < 4.78 is 7.82. The molecule has 4 nitrogen and oxygen atoms in total. The third kappa shape index (κ3) is 3.23. The van der Waals surface area contributed by atoms with Crippen LogP contribution in [0, 0.1) is 5.92 Å². The van der Waals surface area contributed by atoms with Crippen molar-refractivity contribution in [3.05, 3.63) is 18.0 Å². The molecule has 2 fully saturated rings. The highest BCUT2D eigenvalue weighted by atomic mass is 16.5. The maximum Gasteiger partial charge on any atom is 0.0865 e. The van der Waals surface area contributed by atoms with E-state index in [2.05, 4.69) is 22.0 Å². The van der Waals surface area contributed by atoms with Crippen molar-refractivity contribution >= 4 is 0 Å². The molecule has 0 radical (unpaired) electrons. The standard InChI is InChI=1S/C16H26N2O2/c1-2-20-16(12-7-8-12)15(19)11-13-9-10-18(17-13)14-5-3-4-6-14/h9-10,12,14-16,19H,2-8,11H2,1H3. The Morgan fingerprint density at radius 3 is 2.75 bits per heavy atom. The highest BCUT2D eigenvalue weighted by Gasteiger charge is 2.36. The van der Waals surface area contributed by atoms with E-state index in [9.17, 15) is 5.11 Å². The molecule has 1 aromatic heterocycles. The molecule has 1 N–H and O–H groups in total. The van der Waals surface area contributed by atoms with Crippen LogP contribution in [0.4, 0.5) is 0 Å². The van der Waals surface area contributed by atoms with E-state index in [1.54, 1.807) is 0 Å². The van der Waals surface area contributed by atoms with Crippen LogP contribution in [0.25, 0.3) is 0 Å². The van der Waals surface area contributed by atoms with Crippen LogP contribution in [0.2, 0.25) is 0 Å². The van der Waals surface area contributed by atoms with Gasteiger partial charge in [0.15, 0.2) is 0 Å². The SMILES string of the molecule is CCOC(C(O)Cc1ccn(C2CCCC2)n1)C1CC1. The summed E-state index contributed by atoms with van der Waals surface area (Å²) in [6.07, 6.45) is 9.77. The quantitative estimate of drug-likeness (QED) is 0.834. The lowest BCUT2D eigenvalue weighted by Gasteiger charge is -2.22. The van der Waals surface area contributed by atoms with Crippen molar-refractivity contribution in [2.24, 2.45) is 5.92 Å². The van der Waals surface area contributed by atoms with Gasteiger partial charge in [-0.05, 0) is 44.6 Å². The summed E-state index contributed by atoms with van der Waals surface area (Å²) in [5.74, 6) is 0.557. The molecule has 2 saturated carbocycles. The van der Waals surface area contributed by atoms with E-state index in [-0.39, 0.29) is 6.10 Å². The number of nitrogens with zero attached hydrogens (tertiary/aromatic N) is 2. The van der Waals surface area contributed by atoms with Crippen LogP contribution in [0.3, 0.4) is 0 Å². The zero-order valence-electron chi connectivity index (χ0n) is 12.4. The molecule has 20 heavy (non-hydrogen) atoms. The highest BCUT2D eigenvalue weighted by molar-refractivity contribution is 5.03. The lowest BCUT2D eigenvalue weighted by atomic mass is 10.0. The van der Waals surface area contributed by atoms with Crippen molar-refractivity contribution in [1.82, 2.24) is 9.78 Å². The maximum atomic E-state index is 10.4. The monoisotopic (exact) mass is 278 g/mol. The van der Waals surface area contributed by atoms with Gasteiger partial charge in [-0.1, -0.05) is 12.8 Å². The van der Waals surface area contributed by atoms with Crippen LogP contribution in [0.5, 0.6) is 0 Å². The minimum absolute atomic E-state index is 0.00312. The molecule has 0 spiro atoms. The molecule has 2 atom stereocenters. The number of hydrogen-bond donors (Lipinski definition) is 1. The van der Waals surface area contributed by atoms with Crippen molar-refractivity contribution < 1.29 is 9.84 Å². The van der Waals surface area contributed by atoms with Gasteiger partial charge < -0.3 is 9.84 Å². The van der Waals surface area contributed by atoms with E-state index in [0.717, 1.165) is 5.69 Å². The van der Waals surface area contributed by atoms with Crippen LogP contribution < -0.4 is 0 Å². The van der Waals surface area contributed by atoms with Crippen LogP contribution in [0.1, 0.15) is 57.2 Å². The van der Waals surface area contributed by atoms with E-state index < -0.39 is 6.10 Å². The van der Waals surface area contributed by atoms with Gasteiger partial charge in [-0.15, -0.1) is 0 Å². The van der Waals surface area contributed by atoms with Crippen molar-refractivity contribution in [3.63, 3.8) is 0 Å². The summed E-state index contributed by atoms with van der Waals surface area (Å²) in [6.45, 7) is 2.67. The fourth-order valence-electron chi connectivity index (χ4n) is 3.37. The maximum absolute atomic E-state index is 10.4. The summed E-state index contributed by atoms with van der Waals surface area (Å²) in [6, 6.07) is 2.63. The van der Waals surface area contributed by atoms with E-state index in [0.29, 0.717) is 25.0 Å². The molecule has 3 rings (SSSR count). The predicted molar refractivity (Wildman–Crippen MR) is 77.6 cm³/mol. The highest BCUT2D eigenvalue weighted by Crippen LogP contribution is 2.36. The fourth-order valence-corrected chi connectivity index (χ4v) is 3.37. The van der Waals surface area contributed by atoms with Crippen LogP contribution >= 0.6 is 0 Å². The van der Waals surface area contributed by atoms with Crippen molar-refractivity contribution in [2.75, 3.05) is 6.61 Å². The third-order valence-electron chi connectivity index (χ3n) is 4.61. The lowest BCUT2D eigenvalue weighted by molar-refractivity contribution is -0.0443. The second-order valence-corrected chi connectivity index (χ2v) is 6.25. The molecule has 0 saturated heterocycles. The topological polar surface area (TPSA) is 47.3 Å². The van der Waals surface area contributed by atoms with E-state index >= 15 is 0 Å². The van der Waals surface area contributed by atoms with E-state index in [1.165, 1.54) is 38.5 Å². The number of aliphatic hydroxyl groups excluding tert-OH is 1. The van der Waals surface area contributed by atoms with Gasteiger partial charge in [0.25, 0.3) is 0 Å². The smallest absolute Gasteiger partial charge is 0.0865 e. The van der Waals surface area contributed by atoms with Crippen LogP contribution in [0.15, 0.2) is 12.3 Å². The number of rotatable bonds is 7. The average Bonchev–Trinajstić information content (AvgIpc) is 2.93. The first-order valence-corrected chi connectivity index (χ1v) is 8.11. The Morgan fingerprint density at radius 2 is 2.10 bits per heavy atom. The molecule has 2 aliphatic carbocycles. The summed E-state index contributed by atoms with van der Waals surface area (Å²) >= 11 is 0. The van der Waals surface area contributed by atoms with Crippen molar-refractivity contribution in [3.8, 4) is 0 Å². The molecule has 2 unspecified atom stereocenters. The first-order chi connectivity index (χ1) is 9.78. The minimum atomic E-state index is -0.422. The van der Waals surface area contributed by atoms with Gasteiger partial charge in [-0.3, -0.25) is 4.68 Å². The first-order valence-electron chi connectivity index (χ1n) is 8.11. The zero-order chi connectivity index (χ0) is 13.9. The van der Waals surface area contributed by atoms with Crippen molar-refractivity contribution in [1.29, 1.82) is 0 Å². The Morgan fingerprint density at radius 1 is 1.35 bits per heavy atom. The van der Waals surface area contributed by atoms with Crippen molar-refractivity contribution in [2.45, 2.75) is 70.1 Å². The Bertz CT molecular complexity index is 422. The largest absolute Gasteiger partial charge is 0.390 e. The molecule has 112 valence electrons. The van der Waals surface area contributed by atoms with E-state index in [4.69, 9.17) is 4.74 Å². The third-order valence-corrected chi connectivity index (χ3v) is 4.61. The van der Waals surface area contributed by atoms with Crippen LogP contribution in [-0.4, -0.2) is 33.7 Å². The van der Waals surface area contributed by atoms with Crippen LogP contribution in [-0.2, 0) is 11.2 Å². The molecule has 0 bridgehead atoms. The van der Waals surface area contributed by atoms with E-state index in [1.807, 2.05) is 6.92 Å². The number of aromatic nitrogens is 2. The molecular formula is C16H26N2O2. The van der Waals surface area contributed by atoms with Gasteiger partial charge in [0.1, 0.15) is 0 Å². The number of hydrogen-bond acceptors (Lipinski definition) is 3. The molecular weight excluding hydrogens is 252 g/mol. The molecule has 0 aromatic carbocycles. The Balaban J connectivity index is 1.58. The van der Waals surface area contributed by atoms with Gasteiger partial charge in [0, 0.05) is 19.2 Å². The zero-order valence-corrected chi connectivity index (χ0v) is 12.4. The minimum Gasteiger partial charge on any atom is -0.390 e. The Labute approximate surface area is 121 Å². The lowest BCUT2D eigenvalue weighted by Crippen LogP contribution is -2.33. The Kier molecular flexibility index (Phi) is 4.41. The second-order valence-electron chi connectivity index (χ2n) is 6.25. The first kappa shape index (κ1) is 14.1. The summed E-state index contributed by atoms with van der Waals surface area (Å²) in [5, 5.41) is 15.1. The normalized spacial score (nSPS) is 23.1. The molecule has 0 aliphatic heterocycles. The molecule has 0 amide bonds. The Hall–Kier alpha value is -0.870. The number of ether oxygens (including phenoxy) is 1. The van der Waals surface area contributed by atoms with Gasteiger partial charge in [0.05, 0.1) is 23.9 Å². The molecule has 4 heteroatoms. The van der Waals surface area contributed by atoms with Gasteiger partial charge in [-0.2, -0.15) is 5.10 Å². The van der Waals surface area contributed by atoms with Gasteiger partial charge in [0.2, 0.25) is 0 Å². The second kappa shape index (κ2) is 6.27. The summed E-state index contributed by atoms with van der Waals surface area (Å²) in [7, 11) is 0. The summed E-state index contributed by atoms with van der Waals surface area (Å²) in [5.41, 5.74) is 0.995. The number of aliphatic hydroxyl groups is 1. The molecule has 1 aromatic rings.